The molecule has 7 nitrogen and oxygen atoms in total. The van der Waals surface area contributed by atoms with Gasteiger partial charge in [0.05, 0.1) is 12.8 Å². The van der Waals surface area contributed by atoms with Gasteiger partial charge in [0.25, 0.3) is 0 Å². The molecule has 0 radical (unpaired) electrons. The number of allylic oxidation sites excluding steroid dienone is 1. The van der Waals surface area contributed by atoms with Crippen LogP contribution in [-0.2, 0) is 4.79 Å². The van der Waals surface area contributed by atoms with Gasteiger partial charge in [0.2, 0.25) is 6.41 Å². The van der Waals surface area contributed by atoms with Crippen LogP contribution in [-0.4, -0.2) is 18.5 Å². The zero-order chi connectivity index (χ0) is 14.3. The molecule has 0 atom stereocenters. The number of nitrogens with one attached hydrogen (secondary N) is 1. The second-order valence-corrected chi connectivity index (χ2v) is 3.27. The van der Waals surface area contributed by atoms with Gasteiger partial charge in [0, 0.05) is 0 Å². The molecule has 3 N–H and O–H groups in total. The number of rotatable bonds is 5. The van der Waals surface area contributed by atoms with E-state index in [1.807, 2.05) is 0 Å². The molecule has 0 aliphatic carbocycles. The number of nitriles is 2. The van der Waals surface area contributed by atoms with E-state index in [0.717, 1.165) is 5.01 Å². The van der Waals surface area contributed by atoms with Crippen molar-refractivity contribution in [3.05, 3.63) is 35.7 Å². The first-order chi connectivity index (χ1) is 9.17. The molecule has 0 saturated carbocycles. The topological polar surface area (TPSA) is 115 Å². The van der Waals surface area contributed by atoms with E-state index in [9.17, 15) is 4.79 Å². The van der Waals surface area contributed by atoms with Gasteiger partial charge in [-0.15, -0.1) is 0 Å². The van der Waals surface area contributed by atoms with Crippen LogP contribution in [0, 0.1) is 22.7 Å². The predicted molar refractivity (Wildman–Crippen MR) is 67.0 cm³/mol. The van der Waals surface area contributed by atoms with Crippen LogP contribution in [0.1, 0.15) is 0 Å². The lowest BCUT2D eigenvalue weighted by Gasteiger charge is -2.20. The standard InChI is InChI=1S/C12H11N5O2/c1-19-11-5-3-2-4-10(11)16-17(8-18)12(15)9(6-13)7-14/h2-5,8,16H,15H2,1H3. The summed E-state index contributed by atoms with van der Waals surface area (Å²) in [4.78, 5) is 11.0. The number of methoxy groups -OCH3 is 1. The van der Waals surface area contributed by atoms with Gasteiger partial charge in [-0.1, -0.05) is 12.1 Å². The van der Waals surface area contributed by atoms with Gasteiger partial charge in [-0.3, -0.25) is 10.2 Å². The van der Waals surface area contributed by atoms with Gasteiger partial charge in [-0.05, 0) is 12.1 Å². The van der Waals surface area contributed by atoms with Crippen molar-refractivity contribution in [3.8, 4) is 17.9 Å². The summed E-state index contributed by atoms with van der Waals surface area (Å²) in [6, 6.07) is 10.0. The van der Waals surface area contributed by atoms with Crippen LogP contribution < -0.4 is 15.9 Å². The van der Waals surface area contributed by atoms with Crippen molar-refractivity contribution >= 4 is 12.1 Å². The molecule has 1 rings (SSSR count). The first-order valence-electron chi connectivity index (χ1n) is 5.12. The van der Waals surface area contributed by atoms with Crippen molar-refractivity contribution in [2.24, 2.45) is 5.73 Å². The number of carbonyl (C=O) groups excluding carboxylic acids is 1. The van der Waals surface area contributed by atoms with Crippen molar-refractivity contribution in [2.75, 3.05) is 12.5 Å². The smallest absolute Gasteiger partial charge is 0.234 e. The Balaban J connectivity index is 3.09. The van der Waals surface area contributed by atoms with Gasteiger partial charge in [-0.2, -0.15) is 10.5 Å². The van der Waals surface area contributed by atoms with E-state index < -0.39 is 0 Å². The average molecular weight is 257 g/mol. The number of nitrogens with two attached hydrogens (primary N) is 1. The predicted octanol–water partition coefficient (Wildman–Crippen LogP) is 0.698. The second kappa shape index (κ2) is 6.52. The molecule has 19 heavy (non-hydrogen) atoms. The second-order valence-electron chi connectivity index (χ2n) is 3.27. The first kappa shape index (κ1) is 13.9. The zero-order valence-electron chi connectivity index (χ0n) is 10.1. The van der Waals surface area contributed by atoms with E-state index in [1.54, 1.807) is 36.4 Å². The summed E-state index contributed by atoms with van der Waals surface area (Å²) in [6.07, 6.45) is 0.358. The number of carbonyl (C=O) groups is 1. The van der Waals surface area contributed by atoms with Crippen LogP contribution in [0.5, 0.6) is 5.75 Å². The highest BCUT2D eigenvalue weighted by atomic mass is 16.5. The maximum Gasteiger partial charge on any atom is 0.234 e. The summed E-state index contributed by atoms with van der Waals surface area (Å²) in [5, 5.41) is 18.2. The maximum absolute atomic E-state index is 11.0. The third kappa shape index (κ3) is 3.14. The lowest BCUT2D eigenvalue weighted by molar-refractivity contribution is -0.115. The third-order valence-electron chi connectivity index (χ3n) is 2.19. The maximum atomic E-state index is 11.0. The molecule has 0 heterocycles. The zero-order valence-corrected chi connectivity index (χ0v) is 10.1. The number of hydrogen-bond acceptors (Lipinski definition) is 6. The van der Waals surface area contributed by atoms with Gasteiger partial charge in [-0.25, -0.2) is 5.01 Å². The molecular formula is C12H11N5O2. The van der Waals surface area contributed by atoms with Crippen molar-refractivity contribution in [1.82, 2.24) is 5.01 Å². The number of hydrazine groups is 1. The number of anilines is 1. The van der Waals surface area contributed by atoms with Gasteiger partial charge < -0.3 is 10.5 Å². The molecule has 0 aromatic heterocycles. The Hall–Kier alpha value is -3.19. The van der Waals surface area contributed by atoms with Gasteiger partial charge in [0.1, 0.15) is 17.9 Å². The number of para-hydroxylation sites is 2. The number of ether oxygens (including phenoxy) is 1. The molecule has 0 unspecified atom stereocenters. The highest BCUT2D eigenvalue weighted by molar-refractivity contribution is 5.62. The quantitative estimate of drug-likeness (QED) is 0.455. The number of hydrogen-bond donors (Lipinski definition) is 2. The fraction of sp³-hybridized carbons (Fsp3) is 0.0833. The van der Waals surface area contributed by atoms with Crippen LogP contribution in [0.2, 0.25) is 0 Å². The number of nitrogens with zero attached hydrogens (tertiary/aromatic N) is 3. The van der Waals surface area contributed by atoms with Crippen LogP contribution in [0.3, 0.4) is 0 Å². The summed E-state index contributed by atoms with van der Waals surface area (Å²) in [5.41, 5.74) is 8.31. The number of benzene rings is 1. The van der Waals surface area contributed by atoms with E-state index in [-0.39, 0.29) is 11.4 Å². The summed E-state index contributed by atoms with van der Waals surface area (Å²) >= 11 is 0. The van der Waals surface area contributed by atoms with Crippen molar-refractivity contribution in [2.45, 2.75) is 0 Å². The molecule has 96 valence electrons. The molecule has 0 aliphatic heterocycles. The molecule has 0 spiro atoms. The van der Waals surface area contributed by atoms with E-state index in [4.69, 9.17) is 21.0 Å². The molecular weight excluding hydrogens is 246 g/mol. The Kier molecular flexibility index (Phi) is 4.76. The molecule has 1 amide bonds. The van der Waals surface area contributed by atoms with Crippen molar-refractivity contribution in [3.63, 3.8) is 0 Å². The summed E-state index contributed by atoms with van der Waals surface area (Å²) in [5.74, 6) is 0.198. The minimum Gasteiger partial charge on any atom is -0.495 e. The van der Waals surface area contributed by atoms with Gasteiger partial charge in [0.15, 0.2) is 11.4 Å². The third-order valence-corrected chi connectivity index (χ3v) is 2.19. The fourth-order valence-electron chi connectivity index (χ4n) is 1.27. The molecule has 0 saturated heterocycles. The van der Waals surface area contributed by atoms with Gasteiger partial charge >= 0.3 is 0 Å². The minimum absolute atomic E-state index is 0.286. The Bertz CT molecular complexity index is 567. The highest BCUT2D eigenvalue weighted by Crippen LogP contribution is 2.23. The molecule has 0 fully saturated rings. The van der Waals surface area contributed by atoms with Crippen molar-refractivity contribution < 1.29 is 9.53 Å². The lowest BCUT2D eigenvalue weighted by atomic mass is 10.3. The van der Waals surface area contributed by atoms with E-state index >= 15 is 0 Å². The average Bonchev–Trinajstić information content (AvgIpc) is 2.46. The van der Waals surface area contributed by atoms with E-state index in [1.165, 1.54) is 7.11 Å². The van der Waals surface area contributed by atoms with Crippen LogP contribution in [0.25, 0.3) is 0 Å². The lowest BCUT2D eigenvalue weighted by Crippen LogP contribution is -2.33. The van der Waals surface area contributed by atoms with Crippen LogP contribution in [0.15, 0.2) is 35.7 Å². The SMILES string of the molecule is COc1ccccc1NN(C=O)C(N)=C(C#N)C#N. The minimum atomic E-state index is -0.366. The molecule has 1 aromatic rings. The molecule has 7 heteroatoms. The summed E-state index contributed by atoms with van der Waals surface area (Å²) in [7, 11) is 1.47. The highest BCUT2D eigenvalue weighted by Gasteiger charge is 2.13. The fourth-order valence-corrected chi connectivity index (χ4v) is 1.27. The normalized spacial score (nSPS) is 8.58. The summed E-state index contributed by atoms with van der Waals surface area (Å²) < 4.78 is 5.09. The Morgan fingerprint density at radius 1 is 1.42 bits per heavy atom. The molecule has 0 aliphatic rings. The Labute approximate surface area is 110 Å². The number of amides is 1. The Morgan fingerprint density at radius 2 is 2.05 bits per heavy atom. The monoisotopic (exact) mass is 257 g/mol. The van der Waals surface area contributed by atoms with Crippen molar-refractivity contribution in [1.29, 1.82) is 10.5 Å². The first-order valence-corrected chi connectivity index (χ1v) is 5.12. The van der Waals surface area contributed by atoms with Crippen LogP contribution in [0.4, 0.5) is 5.69 Å². The molecule has 1 aromatic carbocycles. The largest absolute Gasteiger partial charge is 0.495 e. The molecule has 0 bridgehead atoms. The van der Waals surface area contributed by atoms with E-state index in [0.29, 0.717) is 17.8 Å². The van der Waals surface area contributed by atoms with Crippen LogP contribution >= 0.6 is 0 Å². The Morgan fingerprint density at radius 3 is 2.58 bits per heavy atom. The summed E-state index contributed by atoms with van der Waals surface area (Å²) in [6.45, 7) is 0. The van der Waals surface area contributed by atoms with E-state index in [2.05, 4.69) is 5.43 Å².